The first-order valence-electron chi connectivity index (χ1n) is 9.21. The van der Waals surface area contributed by atoms with Gasteiger partial charge in [-0.3, -0.25) is 4.79 Å². The summed E-state index contributed by atoms with van der Waals surface area (Å²) in [6.07, 6.45) is -5.88. The lowest BCUT2D eigenvalue weighted by Crippen LogP contribution is -2.19. The molecule has 0 fully saturated rings. The number of H-pyrrole nitrogens is 1. The van der Waals surface area contributed by atoms with E-state index in [1.165, 1.54) is 27.0 Å². The second-order valence-corrected chi connectivity index (χ2v) is 7.87. The number of rotatable bonds is 4. The number of methoxy groups -OCH3 is 1. The molecule has 0 saturated carbocycles. The first-order valence-corrected chi connectivity index (χ1v) is 10.0. The second-order valence-electron chi connectivity index (χ2n) is 6.84. The summed E-state index contributed by atoms with van der Waals surface area (Å²) in [6, 6.07) is 5.46. The van der Waals surface area contributed by atoms with Gasteiger partial charge in [0.05, 0.1) is 34.1 Å². The molecule has 32 heavy (non-hydrogen) atoms. The zero-order valence-corrected chi connectivity index (χ0v) is 17.7. The van der Waals surface area contributed by atoms with Crippen molar-refractivity contribution >= 4 is 38.6 Å². The van der Waals surface area contributed by atoms with E-state index in [0.717, 1.165) is 17.4 Å². The fraction of sp³-hybridized carbons (Fsp3) is 0.250. The van der Waals surface area contributed by atoms with E-state index in [2.05, 4.69) is 24.7 Å². The van der Waals surface area contributed by atoms with Gasteiger partial charge in [-0.25, -0.2) is 19.7 Å². The predicted octanol–water partition coefficient (Wildman–Crippen LogP) is 4.18. The molecular weight excluding hydrogens is 449 g/mol. The van der Waals surface area contributed by atoms with Crippen LogP contribution in [0.25, 0.3) is 21.3 Å². The lowest BCUT2D eigenvalue weighted by atomic mass is 10.1. The monoisotopic (exact) mass is 464 g/mol. The molecule has 0 aliphatic heterocycles. The normalized spacial score (nSPS) is 12.8. The smallest absolute Gasteiger partial charge is 0.418 e. The van der Waals surface area contributed by atoms with Crippen molar-refractivity contribution < 1.29 is 27.4 Å². The molecule has 0 radical (unpaired) electrons. The molecule has 4 rings (SSSR count). The molecule has 3 aromatic heterocycles. The Morgan fingerprint density at radius 3 is 2.59 bits per heavy atom. The van der Waals surface area contributed by atoms with Crippen molar-refractivity contribution in [3.63, 3.8) is 0 Å². The van der Waals surface area contributed by atoms with Gasteiger partial charge in [-0.05, 0) is 38.1 Å². The number of carbonyl (C=O) groups excluding carboxylic acids is 1. The van der Waals surface area contributed by atoms with Gasteiger partial charge < -0.3 is 14.5 Å². The minimum atomic E-state index is -4.73. The average molecular weight is 464 g/mol. The van der Waals surface area contributed by atoms with Crippen molar-refractivity contribution in [1.82, 2.24) is 19.9 Å². The Hall–Kier alpha value is -3.54. The first-order chi connectivity index (χ1) is 15.1. The molecule has 0 spiro atoms. The van der Waals surface area contributed by atoms with Crippen LogP contribution in [0, 0.1) is 6.92 Å². The predicted molar refractivity (Wildman–Crippen MR) is 110 cm³/mol. The topological polar surface area (TPSA) is 107 Å². The molecule has 0 aliphatic rings. The highest BCUT2D eigenvalue weighted by molar-refractivity contribution is 7.20. The van der Waals surface area contributed by atoms with Gasteiger partial charge in [0.1, 0.15) is 17.7 Å². The number of ether oxygens (including phenoxy) is 2. The van der Waals surface area contributed by atoms with Gasteiger partial charge >= 0.3 is 12.1 Å². The summed E-state index contributed by atoms with van der Waals surface area (Å²) >= 11 is 1.06. The maximum absolute atomic E-state index is 13.7. The Morgan fingerprint density at radius 2 is 1.91 bits per heavy atom. The van der Waals surface area contributed by atoms with E-state index in [0.29, 0.717) is 10.2 Å². The Labute approximate surface area is 182 Å². The highest BCUT2D eigenvalue weighted by Gasteiger charge is 2.37. The molecule has 12 heteroatoms. The van der Waals surface area contributed by atoms with E-state index >= 15 is 0 Å². The SMILES string of the molecule is COC(=O)c1nc2ccc(OC(C)c3nc4c(=O)[nH]c(C)nc4cc3C(F)(F)F)cc2s1. The van der Waals surface area contributed by atoms with E-state index < -0.39 is 35.1 Å². The minimum absolute atomic E-state index is 0.144. The van der Waals surface area contributed by atoms with Gasteiger partial charge in [0, 0.05) is 0 Å². The number of carbonyl (C=O) groups is 1. The fourth-order valence-electron chi connectivity index (χ4n) is 3.15. The van der Waals surface area contributed by atoms with Gasteiger partial charge in [-0.15, -0.1) is 11.3 Å². The van der Waals surface area contributed by atoms with Crippen LogP contribution in [0.15, 0.2) is 29.1 Å². The van der Waals surface area contributed by atoms with Crippen molar-refractivity contribution in [3.8, 4) is 5.75 Å². The molecule has 0 saturated heterocycles. The molecule has 1 atom stereocenters. The Kier molecular flexibility index (Phi) is 5.33. The summed E-state index contributed by atoms with van der Waals surface area (Å²) < 4.78 is 52.2. The van der Waals surface area contributed by atoms with Crippen LogP contribution in [0.3, 0.4) is 0 Å². The molecule has 1 unspecified atom stereocenters. The van der Waals surface area contributed by atoms with Crippen LogP contribution in [0.5, 0.6) is 5.75 Å². The number of hydrogen-bond donors (Lipinski definition) is 1. The van der Waals surface area contributed by atoms with Gasteiger partial charge in [0.2, 0.25) is 5.01 Å². The maximum atomic E-state index is 13.7. The first kappa shape index (κ1) is 21.7. The van der Waals surface area contributed by atoms with Crippen molar-refractivity contribution in [2.75, 3.05) is 7.11 Å². The van der Waals surface area contributed by atoms with Gasteiger partial charge in [-0.1, -0.05) is 0 Å². The Bertz CT molecular complexity index is 1410. The highest BCUT2D eigenvalue weighted by atomic mass is 32.1. The van der Waals surface area contributed by atoms with E-state index in [1.54, 1.807) is 12.1 Å². The summed E-state index contributed by atoms with van der Waals surface area (Å²) in [5.41, 5.74) is -1.98. The number of esters is 1. The molecule has 1 aromatic carbocycles. The number of nitrogens with zero attached hydrogens (tertiary/aromatic N) is 3. The zero-order valence-electron chi connectivity index (χ0n) is 16.9. The standard InChI is InChI=1S/C20H15F3N4O4S/c1-8(31-10-4-5-12-14(6-10)32-18(26-12)19(29)30-3)15-11(20(21,22)23)7-13-16(27-15)17(28)25-9(2)24-13/h4-8H,1-3H3,(H,24,25,28). The minimum Gasteiger partial charge on any atom is -0.484 e. The number of aryl methyl sites for hydroxylation is 1. The van der Waals surface area contributed by atoms with Crippen molar-refractivity contribution in [1.29, 1.82) is 0 Å². The molecule has 0 amide bonds. The van der Waals surface area contributed by atoms with Gasteiger partial charge in [-0.2, -0.15) is 13.2 Å². The lowest BCUT2D eigenvalue weighted by molar-refractivity contribution is -0.139. The summed E-state index contributed by atoms with van der Waals surface area (Å²) in [5.74, 6) is -0.166. The number of pyridine rings is 1. The van der Waals surface area contributed by atoms with E-state index in [-0.39, 0.29) is 27.6 Å². The number of alkyl halides is 3. The molecule has 1 N–H and O–H groups in total. The average Bonchev–Trinajstić information content (AvgIpc) is 3.15. The molecular formula is C20H15F3N4O4S. The molecule has 166 valence electrons. The molecule has 0 bridgehead atoms. The van der Waals surface area contributed by atoms with Crippen molar-refractivity contribution in [2.45, 2.75) is 26.1 Å². The zero-order chi connectivity index (χ0) is 23.2. The Morgan fingerprint density at radius 1 is 1.16 bits per heavy atom. The number of nitrogens with one attached hydrogen (secondary N) is 1. The number of aromatic nitrogens is 4. The van der Waals surface area contributed by atoms with Crippen LogP contribution >= 0.6 is 11.3 Å². The Balaban J connectivity index is 1.75. The number of halogens is 3. The number of fused-ring (bicyclic) bond motifs is 2. The van der Waals surface area contributed by atoms with E-state index in [4.69, 9.17) is 4.74 Å². The van der Waals surface area contributed by atoms with E-state index in [9.17, 15) is 22.8 Å². The van der Waals surface area contributed by atoms with Crippen LogP contribution in [-0.4, -0.2) is 33.0 Å². The van der Waals surface area contributed by atoms with Crippen molar-refractivity contribution in [3.05, 3.63) is 56.7 Å². The fourth-order valence-corrected chi connectivity index (χ4v) is 4.06. The largest absolute Gasteiger partial charge is 0.484 e. The second kappa shape index (κ2) is 7.86. The van der Waals surface area contributed by atoms with Gasteiger partial charge in [0.15, 0.2) is 5.52 Å². The van der Waals surface area contributed by atoms with Crippen LogP contribution in [0.2, 0.25) is 0 Å². The van der Waals surface area contributed by atoms with Crippen LogP contribution in [0.4, 0.5) is 13.2 Å². The maximum Gasteiger partial charge on any atom is 0.418 e. The van der Waals surface area contributed by atoms with Crippen molar-refractivity contribution in [2.24, 2.45) is 0 Å². The summed E-state index contributed by atoms with van der Waals surface area (Å²) in [4.78, 5) is 38.3. The number of benzene rings is 1. The summed E-state index contributed by atoms with van der Waals surface area (Å²) in [5, 5.41) is 0.144. The molecule has 3 heterocycles. The summed E-state index contributed by atoms with van der Waals surface area (Å²) in [7, 11) is 1.24. The number of thiazole rings is 1. The highest BCUT2D eigenvalue weighted by Crippen LogP contribution is 2.37. The molecule has 8 nitrogen and oxygen atoms in total. The van der Waals surface area contributed by atoms with Crippen LogP contribution in [0.1, 0.15) is 39.9 Å². The molecule has 4 aromatic rings. The third-order valence-electron chi connectivity index (χ3n) is 4.55. The quantitative estimate of drug-likeness (QED) is 0.452. The third-order valence-corrected chi connectivity index (χ3v) is 5.55. The third kappa shape index (κ3) is 4.00. The molecule has 0 aliphatic carbocycles. The van der Waals surface area contributed by atoms with Crippen LogP contribution in [-0.2, 0) is 10.9 Å². The van der Waals surface area contributed by atoms with E-state index in [1.807, 2.05) is 0 Å². The number of hydrogen-bond acceptors (Lipinski definition) is 8. The number of aromatic amines is 1. The van der Waals surface area contributed by atoms with Crippen LogP contribution < -0.4 is 10.3 Å². The van der Waals surface area contributed by atoms with Gasteiger partial charge in [0.25, 0.3) is 5.56 Å². The lowest BCUT2D eigenvalue weighted by Gasteiger charge is -2.19. The summed E-state index contributed by atoms with van der Waals surface area (Å²) in [6.45, 7) is 2.87.